The number of nitrogens with one attached hydrogen (secondary N) is 2. The van der Waals surface area contributed by atoms with Gasteiger partial charge < -0.3 is 10.6 Å². The largest absolute Gasteiger partial charge is 0.330 e. The van der Waals surface area contributed by atoms with Crippen LogP contribution in [0.1, 0.15) is 10.4 Å². The van der Waals surface area contributed by atoms with Crippen molar-refractivity contribution < 1.29 is 9.18 Å². The van der Waals surface area contributed by atoms with Gasteiger partial charge in [0.25, 0.3) is 5.91 Å². The number of rotatable bonds is 4. The number of amides is 1. The summed E-state index contributed by atoms with van der Waals surface area (Å²) in [7, 11) is 0. The fraction of sp³-hybridized carbons (Fsp3) is 0.154. The zero-order chi connectivity index (χ0) is 16.2. The molecule has 22 heavy (non-hydrogen) atoms. The molecule has 0 fully saturated rings. The van der Waals surface area contributed by atoms with Crippen molar-refractivity contribution in [2.75, 3.05) is 5.32 Å². The van der Waals surface area contributed by atoms with Crippen LogP contribution in [0.15, 0.2) is 42.7 Å². The van der Waals surface area contributed by atoms with Crippen LogP contribution in [-0.2, 0) is 0 Å². The van der Waals surface area contributed by atoms with E-state index < -0.39 is 21.7 Å². The molecule has 0 saturated carbocycles. The van der Waals surface area contributed by atoms with Crippen molar-refractivity contribution in [1.82, 2.24) is 15.3 Å². The second-order valence-corrected chi connectivity index (χ2v) is 6.51. The molecule has 0 saturated heterocycles. The Morgan fingerprint density at radius 2 is 1.77 bits per heavy atom. The molecule has 1 heterocycles. The molecule has 116 valence electrons. The zero-order valence-corrected chi connectivity index (χ0v) is 13.2. The highest BCUT2D eigenvalue weighted by Gasteiger charge is 2.35. The Morgan fingerprint density at radius 3 is 2.36 bits per heavy atom. The molecule has 0 aliphatic heterocycles. The van der Waals surface area contributed by atoms with Gasteiger partial charge in [-0.15, -0.1) is 0 Å². The van der Waals surface area contributed by atoms with E-state index in [-0.39, 0.29) is 11.5 Å². The van der Waals surface area contributed by atoms with Gasteiger partial charge in [0, 0.05) is 12.4 Å². The molecule has 2 rings (SSSR count). The van der Waals surface area contributed by atoms with Gasteiger partial charge in [-0.05, 0) is 18.2 Å². The summed E-state index contributed by atoms with van der Waals surface area (Å²) in [5.74, 6) is -1.27. The Hall–Kier alpha value is -1.63. The minimum Gasteiger partial charge on any atom is -0.330 e. The van der Waals surface area contributed by atoms with Gasteiger partial charge in [0.2, 0.25) is 9.74 Å². The number of halogens is 4. The van der Waals surface area contributed by atoms with Gasteiger partial charge in [0.1, 0.15) is 12.0 Å². The van der Waals surface area contributed by atoms with Crippen LogP contribution in [-0.4, -0.2) is 25.8 Å². The number of aromatic nitrogens is 2. The average molecular weight is 364 g/mol. The van der Waals surface area contributed by atoms with Gasteiger partial charge in [-0.2, -0.15) is 0 Å². The van der Waals surface area contributed by atoms with Gasteiger partial charge >= 0.3 is 0 Å². The zero-order valence-electron chi connectivity index (χ0n) is 10.9. The van der Waals surface area contributed by atoms with Crippen LogP contribution < -0.4 is 10.6 Å². The maximum Gasteiger partial charge on any atom is 0.255 e. The first kappa shape index (κ1) is 16.7. The first-order valence-electron chi connectivity index (χ1n) is 6.03. The van der Waals surface area contributed by atoms with Gasteiger partial charge in [-0.25, -0.2) is 14.4 Å². The van der Waals surface area contributed by atoms with E-state index in [1.54, 1.807) is 6.07 Å². The Balaban J connectivity index is 2.17. The topological polar surface area (TPSA) is 66.9 Å². The van der Waals surface area contributed by atoms with E-state index in [9.17, 15) is 9.18 Å². The standard InChI is InChI=1S/C13H10Cl3FN4O/c14-13(15,16)11(21-12-18-6-3-7-19-12)20-10(22)8-4-1-2-5-9(8)17/h1-7,11H,(H,20,22)(H,18,19,21)/t11-/m0/s1. The van der Waals surface area contributed by atoms with Crippen LogP contribution in [0.25, 0.3) is 0 Å². The molecule has 0 aliphatic rings. The van der Waals surface area contributed by atoms with Crippen LogP contribution >= 0.6 is 34.8 Å². The van der Waals surface area contributed by atoms with Crippen molar-refractivity contribution in [1.29, 1.82) is 0 Å². The summed E-state index contributed by atoms with van der Waals surface area (Å²) in [4.78, 5) is 19.9. The summed E-state index contributed by atoms with van der Waals surface area (Å²) in [6.45, 7) is 0. The lowest BCUT2D eigenvalue weighted by Gasteiger charge is -2.26. The van der Waals surface area contributed by atoms with Crippen LogP contribution in [0.4, 0.5) is 10.3 Å². The molecule has 1 atom stereocenters. The minimum atomic E-state index is -1.90. The van der Waals surface area contributed by atoms with Crippen molar-refractivity contribution in [2.24, 2.45) is 0 Å². The van der Waals surface area contributed by atoms with Gasteiger partial charge in [-0.1, -0.05) is 46.9 Å². The molecular formula is C13H10Cl3FN4O. The Bertz CT molecular complexity index is 651. The molecule has 1 aromatic carbocycles. The minimum absolute atomic E-state index is 0.146. The number of anilines is 1. The Morgan fingerprint density at radius 1 is 1.14 bits per heavy atom. The first-order valence-corrected chi connectivity index (χ1v) is 7.17. The molecule has 0 spiro atoms. The highest BCUT2D eigenvalue weighted by atomic mass is 35.6. The molecular weight excluding hydrogens is 354 g/mol. The number of carbonyl (C=O) groups is 1. The van der Waals surface area contributed by atoms with Gasteiger partial charge in [0.15, 0.2) is 0 Å². The summed E-state index contributed by atoms with van der Waals surface area (Å²) in [5, 5.41) is 5.06. The Kier molecular flexibility index (Phi) is 5.39. The van der Waals surface area contributed by atoms with E-state index in [2.05, 4.69) is 20.6 Å². The molecule has 1 amide bonds. The summed E-state index contributed by atoms with van der Waals surface area (Å²) >= 11 is 17.5. The summed E-state index contributed by atoms with van der Waals surface area (Å²) in [6, 6.07) is 7.07. The van der Waals surface area contributed by atoms with E-state index in [0.29, 0.717) is 0 Å². The first-order chi connectivity index (χ1) is 10.4. The molecule has 0 radical (unpaired) electrons. The number of hydrogen-bond acceptors (Lipinski definition) is 4. The molecule has 2 aromatic rings. The summed E-state index contributed by atoms with van der Waals surface area (Å²) in [5.41, 5.74) is -0.169. The molecule has 5 nitrogen and oxygen atoms in total. The molecule has 1 aromatic heterocycles. The maximum absolute atomic E-state index is 13.6. The number of benzene rings is 1. The van der Waals surface area contributed by atoms with Crippen molar-refractivity contribution >= 4 is 46.7 Å². The van der Waals surface area contributed by atoms with Crippen molar-refractivity contribution in [2.45, 2.75) is 9.96 Å². The SMILES string of the molecule is O=C(N[C@@H](Nc1ncccn1)C(Cl)(Cl)Cl)c1ccccc1F. The predicted molar refractivity (Wildman–Crippen MR) is 83.6 cm³/mol. The molecule has 9 heteroatoms. The van der Waals surface area contributed by atoms with E-state index >= 15 is 0 Å². The van der Waals surface area contributed by atoms with Crippen LogP contribution in [0.2, 0.25) is 0 Å². The van der Waals surface area contributed by atoms with Crippen LogP contribution in [0.3, 0.4) is 0 Å². The summed E-state index contributed by atoms with van der Waals surface area (Å²) < 4.78 is 11.7. The van der Waals surface area contributed by atoms with Gasteiger partial charge in [-0.3, -0.25) is 4.79 Å². The third-order valence-electron chi connectivity index (χ3n) is 2.56. The van der Waals surface area contributed by atoms with Gasteiger partial charge in [0.05, 0.1) is 5.56 Å². The highest BCUT2D eigenvalue weighted by molar-refractivity contribution is 6.68. The molecule has 2 N–H and O–H groups in total. The van der Waals surface area contributed by atoms with E-state index in [1.165, 1.54) is 30.6 Å². The lowest BCUT2D eigenvalue weighted by molar-refractivity contribution is 0.0937. The fourth-order valence-corrected chi connectivity index (χ4v) is 1.88. The van der Waals surface area contributed by atoms with Crippen molar-refractivity contribution in [3.05, 3.63) is 54.1 Å². The third-order valence-corrected chi connectivity index (χ3v) is 3.22. The highest BCUT2D eigenvalue weighted by Crippen LogP contribution is 2.30. The number of alkyl halides is 3. The second kappa shape index (κ2) is 7.09. The summed E-state index contributed by atoms with van der Waals surface area (Å²) in [6.07, 6.45) is 1.79. The quantitative estimate of drug-likeness (QED) is 0.647. The average Bonchev–Trinajstić information content (AvgIpc) is 2.47. The second-order valence-electron chi connectivity index (χ2n) is 4.14. The lowest BCUT2D eigenvalue weighted by atomic mass is 10.2. The molecule has 0 bridgehead atoms. The lowest BCUT2D eigenvalue weighted by Crippen LogP contribution is -2.49. The molecule has 0 unspecified atom stereocenters. The van der Waals surface area contributed by atoms with E-state index in [4.69, 9.17) is 34.8 Å². The number of hydrogen-bond donors (Lipinski definition) is 2. The van der Waals surface area contributed by atoms with Crippen LogP contribution in [0.5, 0.6) is 0 Å². The fourth-order valence-electron chi connectivity index (χ4n) is 1.56. The number of carbonyl (C=O) groups excluding carboxylic acids is 1. The monoisotopic (exact) mass is 362 g/mol. The predicted octanol–water partition coefficient (Wildman–Crippen LogP) is 3.15. The molecule has 0 aliphatic carbocycles. The van der Waals surface area contributed by atoms with E-state index in [1.807, 2.05) is 0 Å². The third kappa shape index (κ3) is 4.43. The van der Waals surface area contributed by atoms with E-state index in [0.717, 1.165) is 6.07 Å². The smallest absolute Gasteiger partial charge is 0.255 e. The Labute approximate surface area is 140 Å². The van der Waals surface area contributed by atoms with Crippen molar-refractivity contribution in [3.63, 3.8) is 0 Å². The normalized spacial score (nSPS) is 12.5. The van der Waals surface area contributed by atoms with Crippen LogP contribution in [0, 0.1) is 5.82 Å². The number of nitrogens with zero attached hydrogens (tertiary/aromatic N) is 2. The van der Waals surface area contributed by atoms with Crippen molar-refractivity contribution in [3.8, 4) is 0 Å². The maximum atomic E-state index is 13.6.